The highest BCUT2D eigenvalue weighted by atomic mass is 15.2. The van der Waals surface area contributed by atoms with Crippen LogP contribution in [0, 0.1) is 0 Å². The fourth-order valence-corrected chi connectivity index (χ4v) is 6.41. The van der Waals surface area contributed by atoms with E-state index in [1.165, 1.54) is 45.1 Å². The van der Waals surface area contributed by atoms with Gasteiger partial charge in [0.05, 0.1) is 5.41 Å². The van der Waals surface area contributed by atoms with E-state index < -0.39 is 0 Å². The van der Waals surface area contributed by atoms with E-state index in [1.807, 2.05) is 0 Å². The third kappa shape index (κ3) is 4.54. The van der Waals surface area contributed by atoms with Crippen LogP contribution in [0.25, 0.3) is 0 Å². The van der Waals surface area contributed by atoms with Crippen molar-refractivity contribution in [1.82, 2.24) is 0 Å². The molecule has 0 amide bonds. The summed E-state index contributed by atoms with van der Waals surface area (Å²) in [6.45, 7) is 13.4. The molecule has 2 aromatic rings. The number of nitrogens with two attached hydrogens (primary N) is 1. The third-order valence-corrected chi connectivity index (χ3v) is 8.54. The molecule has 3 heteroatoms. The number of allylic oxidation sites excluding steroid dienone is 9. The van der Waals surface area contributed by atoms with Crippen LogP contribution in [-0.4, -0.2) is 10.3 Å². The van der Waals surface area contributed by atoms with Crippen molar-refractivity contribution in [2.24, 2.45) is 5.73 Å². The van der Waals surface area contributed by atoms with Gasteiger partial charge in [0.2, 0.25) is 5.69 Å². The summed E-state index contributed by atoms with van der Waals surface area (Å²) in [7, 11) is 0. The van der Waals surface area contributed by atoms with Crippen molar-refractivity contribution in [3.63, 3.8) is 0 Å². The van der Waals surface area contributed by atoms with Gasteiger partial charge in [-0.1, -0.05) is 68.5 Å². The molecule has 0 fully saturated rings. The number of hydrogen-bond acceptors (Lipinski definition) is 2. The Labute approximate surface area is 234 Å². The van der Waals surface area contributed by atoms with E-state index in [0.29, 0.717) is 0 Å². The molecule has 1 aliphatic carbocycles. The summed E-state index contributed by atoms with van der Waals surface area (Å²) in [5.74, 6) is 0. The average Bonchev–Trinajstić information content (AvgIpc) is 3.27. The van der Waals surface area contributed by atoms with E-state index in [0.717, 1.165) is 25.0 Å². The van der Waals surface area contributed by atoms with Crippen molar-refractivity contribution in [3.05, 3.63) is 131 Å². The van der Waals surface area contributed by atoms with Crippen LogP contribution in [0.1, 0.15) is 71.9 Å². The first-order valence-corrected chi connectivity index (χ1v) is 14.2. The van der Waals surface area contributed by atoms with Crippen LogP contribution >= 0.6 is 0 Å². The van der Waals surface area contributed by atoms with Gasteiger partial charge in [-0.2, -0.15) is 4.58 Å². The van der Waals surface area contributed by atoms with Crippen molar-refractivity contribution in [3.8, 4) is 0 Å². The summed E-state index contributed by atoms with van der Waals surface area (Å²) in [5, 5.41) is 0. The van der Waals surface area contributed by atoms with E-state index in [2.05, 4.69) is 148 Å². The predicted molar refractivity (Wildman–Crippen MR) is 166 cm³/mol. The number of benzene rings is 2. The minimum absolute atomic E-state index is 0.0843. The van der Waals surface area contributed by atoms with Crippen LogP contribution in [0.3, 0.4) is 0 Å². The van der Waals surface area contributed by atoms with Crippen LogP contribution in [0.5, 0.6) is 0 Å². The molecule has 0 saturated heterocycles. The maximum atomic E-state index is 6.85. The summed E-state index contributed by atoms with van der Waals surface area (Å²) >= 11 is 0. The molecule has 3 nitrogen and oxygen atoms in total. The zero-order valence-corrected chi connectivity index (χ0v) is 24.3. The van der Waals surface area contributed by atoms with Gasteiger partial charge in [-0.05, 0) is 81.9 Å². The molecular formula is C36H42N3+. The van der Waals surface area contributed by atoms with Crippen LogP contribution in [0.4, 0.5) is 11.4 Å². The molecule has 2 aliphatic heterocycles. The monoisotopic (exact) mass is 516 g/mol. The Kier molecular flexibility index (Phi) is 7.11. The van der Waals surface area contributed by atoms with Crippen molar-refractivity contribution in [2.75, 3.05) is 4.90 Å². The molecule has 2 N–H and O–H groups in total. The van der Waals surface area contributed by atoms with Gasteiger partial charge in [0.25, 0.3) is 0 Å². The molecule has 2 aromatic carbocycles. The molecular weight excluding hydrogens is 474 g/mol. The summed E-state index contributed by atoms with van der Waals surface area (Å²) in [5.41, 5.74) is 17.8. The number of nitrogens with zero attached hydrogens (tertiary/aromatic N) is 2. The number of para-hydroxylation sites is 2. The predicted octanol–water partition coefficient (Wildman–Crippen LogP) is 8.69. The number of hydrogen-bond donors (Lipinski definition) is 1. The van der Waals surface area contributed by atoms with Gasteiger partial charge in [0.1, 0.15) is 0 Å². The Morgan fingerprint density at radius 1 is 0.821 bits per heavy atom. The van der Waals surface area contributed by atoms with E-state index in [9.17, 15) is 0 Å². The van der Waals surface area contributed by atoms with Gasteiger partial charge >= 0.3 is 0 Å². The van der Waals surface area contributed by atoms with Crippen molar-refractivity contribution < 1.29 is 4.58 Å². The lowest BCUT2D eigenvalue weighted by molar-refractivity contribution is -0.356. The first kappa shape index (κ1) is 26.7. The van der Waals surface area contributed by atoms with Gasteiger partial charge < -0.3 is 10.6 Å². The number of rotatable bonds is 5. The summed E-state index contributed by atoms with van der Waals surface area (Å²) in [4.78, 5) is 2.32. The quantitative estimate of drug-likeness (QED) is 0.403. The lowest BCUT2D eigenvalue weighted by atomic mass is 9.81. The maximum Gasteiger partial charge on any atom is 0.215 e. The van der Waals surface area contributed by atoms with E-state index >= 15 is 0 Å². The van der Waals surface area contributed by atoms with E-state index in [4.69, 9.17) is 5.73 Å². The lowest BCUT2D eigenvalue weighted by Crippen LogP contribution is -2.26. The molecule has 2 heterocycles. The summed E-state index contributed by atoms with van der Waals surface area (Å²) < 4.78 is 2.32. The molecule has 5 rings (SSSR count). The second kappa shape index (κ2) is 10.4. The molecule has 0 atom stereocenters. The second-order valence-corrected chi connectivity index (χ2v) is 11.7. The van der Waals surface area contributed by atoms with Crippen LogP contribution in [0.15, 0.2) is 120 Å². The van der Waals surface area contributed by atoms with Crippen molar-refractivity contribution >= 4 is 17.1 Å². The molecule has 3 aliphatic rings. The topological polar surface area (TPSA) is 32.3 Å². The highest BCUT2D eigenvalue weighted by Gasteiger charge is 2.43. The fraction of sp³-hybridized carbons (Fsp3) is 0.306. The Morgan fingerprint density at radius 2 is 1.54 bits per heavy atom. The third-order valence-electron chi connectivity index (χ3n) is 8.54. The molecule has 200 valence electrons. The molecule has 0 saturated carbocycles. The van der Waals surface area contributed by atoms with Gasteiger partial charge in [0.15, 0.2) is 11.9 Å². The van der Waals surface area contributed by atoms with E-state index in [-0.39, 0.29) is 10.8 Å². The highest BCUT2D eigenvalue weighted by Crippen LogP contribution is 2.48. The van der Waals surface area contributed by atoms with E-state index in [1.54, 1.807) is 0 Å². The zero-order valence-electron chi connectivity index (χ0n) is 24.3. The molecule has 0 radical (unpaired) electrons. The van der Waals surface area contributed by atoms with Gasteiger partial charge in [-0.3, -0.25) is 0 Å². The van der Waals surface area contributed by atoms with Gasteiger partial charge in [0, 0.05) is 46.4 Å². The zero-order chi connectivity index (χ0) is 27.8. The first-order valence-electron chi connectivity index (χ1n) is 14.2. The highest BCUT2D eigenvalue weighted by molar-refractivity contribution is 6.03. The van der Waals surface area contributed by atoms with Gasteiger partial charge in [-0.25, -0.2) is 0 Å². The summed E-state index contributed by atoms with van der Waals surface area (Å²) in [6.07, 6.45) is 20.7. The normalized spacial score (nSPS) is 22.4. The van der Waals surface area contributed by atoms with Crippen molar-refractivity contribution in [2.45, 2.75) is 71.6 Å². The largest absolute Gasteiger partial charge is 0.398 e. The number of fused-ring (bicyclic) bond motifs is 2. The van der Waals surface area contributed by atoms with Crippen LogP contribution < -0.4 is 10.6 Å². The molecule has 0 bridgehead atoms. The Balaban J connectivity index is 1.51. The first-order chi connectivity index (χ1) is 18.7. The Bertz CT molecular complexity index is 1500. The smallest absolute Gasteiger partial charge is 0.215 e. The summed E-state index contributed by atoms with van der Waals surface area (Å²) in [6, 6.07) is 17.4. The lowest BCUT2D eigenvalue weighted by Gasteiger charge is -2.25. The number of anilines is 1. The molecule has 0 spiro atoms. The Morgan fingerprint density at radius 3 is 2.28 bits per heavy atom. The van der Waals surface area contributed by atoms with Crippen molar-refractivity contribution in [1.29, 1.82) is 0 Å². The second-order valence-electron chi connectivity index (χ2n) is 11.7. The molecule has 0 aromatic heterocycles. The molecule has 0 unspecified atom stereocenters. The Hall–Kier alpha value is -3.85. The van der Waals surface area contributed by atoms with Crippen LogP contribution in [-0.2, 0) is 10.8 Å². The standard InChI is InChI=1S/C36H41N3/c1-7-24-38-30-18-11-9-16-28(30)35(3,4)32(38)22-20-26-14-13-15-27(34(26)37)21-23-33-36(5,6)29-17-10-12-19-31(29)39(33)25-8-2/h7-12,16-25,37H,13-15H2,1-6H3/p+1/b24-7+,25-8+,26-20+,32-22+. The minimum atomic E-state index is -0.0843. The van der Waals surface area contributed by atoms with Gasteiger partial charge in [-0.15, -0.1) is 0 Å². The van der Waals surface area contributed by atoms with Crippen LogP contribution in [0.2, 0.25) is 0 Å². The average molecular weight is 517 g/mol. The SMILES string of the molecule is C/C=C/N1/C(=C/C=C2\CCCC(/C=C/C3=[N+](/C=C/C)c4ccccc4C3(C)C)=C2N)C(C)(C)c2ccccc21. The molecule has 39 heavy (non-hydrogen) atoms. The minimum Gasteiger partial charge on any atom is -0.398 e. The fourth-order valence-electron chi connectivity index (χ4n) is 6.41. The maximum absolute atomic E-state index is 6.85.